The van der Waals surface area contributed by atoms with Gasteiger partial charge < -0.3 is 10.6 Å². The number of hydrogen-bond acceptors (Lipinski definition) is 5. The van der Waals surface area contributed by atoms with E-state index in [-0.39, 0.29) is 5.69 Å². The normalized spacial score (nSPS) is 14.6. The van der Waals surface area contributed by atoms with Gasteiger partial charge in [0.2, 0.25) is 5.82 Å². The fourth-order valence-corrected chi connectivity index (χ4v) is 1.57. The quantitative estimate of drug-likeness (QED) is 0.426. The van der Waals surface area contributed by atoms with Gasteiger partial charge >= 0.3 is 5.69 Å². The van der Waals surface area contributed by atoms with Gasteiger partial charge in [-0.25, -0.2) is 4.98 Å². The van der Waals surface area contributed by atoms with Gasteiger partial charge in [-0.1, -0.05) is 0 Å². The maximum Gasteiger partial charge on any atom is 0.311 e. The minimum atomic E-state index is -0.419. The van der Waals surface area contributed by atoms with E-state index in [4.69, 9.17) is 0 Å². The molecule has 92 valence electrons. The van der Waals surface area contributed by atoms with E-state index in [1.807, 2.05) is 0 Å². The van der Waals surface area contributed by atoms with E-state index in [0.717, 1.165) is 13.0 Å². The summed E-state index contributed by atoms with van der Waals surface area (Å²) in [6.45, 7) is 1.63. The molecule has 1 aromatic rings. The van der Waals surface area contributed by atoms with Crippen LogP contribution in [0.1, 0.15) is 19.3 Å². The molecular weight excluding hydrogens is 220 g/mol. The fourth-order valence-electron chi connectivity index (χ4n) is 1.57. The van der Waals surface area contributed by atoms with Gasteiger partial charge in [0.05, 0.1) is 4.92 Å². The highest BCUT2D eigenvalue weighted by Crippen LogP contribution is 2.20. The van der Waals surface area contributed by atoms with Crippen LogP contribution in [0.3, 0.4) is 0 Å². The number of nitrogens with one attached hydrogen (secondary N) is 2. The van der Waals surface area contributed by atoms with Gasteiger partial charge in [-0.15, -0.1) is 0 Å². The average Bonchev–Trinajstić information content (AvgIpc) is 3.13. The van der Waals surface area contributed by atoms with Crippen molar-refractivity contribution in [1.82, 2.24) is 10.3 Å². The minimum absolute atomic E-state index is 0.0302. The summed E-state index contributed by atoms with van der Waals surface area (Å²) in [6, 6.07) is 3.73. The second-order valence-corrected chi connectivity index (χ2v) is 4.14. The van der Waals surface area contributed by atoms with Gasteiger partial charge in [0.15, 0.2) is 0 Å². The van der Waals surface area contributed by atoms with Gasteiger partial charge in [0.25, 0.3) is 0 Å². The van der Waals surface area contributed by atoms with Crippen molar-refractivity contribution in [1.29, 1.82) is 0 Å². The molecule has 0 spiro atoms. The zero-order valence-corrected chi connectivity index (χ0v) is 9.56. The van der Waals surface area contributed by atoms with Crippen molar-refractivity contribution in [2.75, 3.05) is 18.4 Å². The number of hydrogen-bond donors (Lipinski definition) is 2. The third-order valence-corrected chi connectivity index (χ3v) is 2.64. The third-order valence-electron chi connectivity index (χ3n) is 2.64. The monoisotopic (exact) mass is 236 g/mol. The smallest absolute Gasteiger partial charge is 0.311 e. The van der Waals surface area contributed by atoms with Gasteiger partial charge in [-0.05, 0) is 31.9 Å². The number of aromatic nitrogens is 1. The van der Waals surface area contributed by atoms with Crippen molar-refractivity contribution in [3.05, 3.63) is 28.4 Å². The molecule has 0 bridgehead atoms. The van der Waals surface area contributed by atoms with Gasteiger partial charge in [0.1, 0.15) is 0 Å². The topological polar surface area (TPSA) is 80.1 Å². The predicted molar refractivity (Wildman–Crippen MR) is 65.0 cm³/mol. The molecule has 0 saturated heterocycles. The summed E-state index contributed by atoms with van der Waals surface area (Å²) >= 11 is 0. The van der Waals surface area contributed by atoms with E-state index >= 15 is 0 Å². The molecular formula is C11H16N4O2. The highest BCUT2D eigenvalue weighted by atomic mass is 16.6. The van der Waals surface area contributed by atoms with Crippen molar-refractivity contribution in [3.8, 4) is 0 Å². The van der Waals surface area contributed by atoms with E-state index in [1.165, 1.54) is 18.9 Å². The lowest BCUT2D eigenvalue weighted by molar-refractivity contribution is -0.384. The second kappa shape index (κ2) is 5.58. The molecule has 0 radical (unpaired) electrons. The first-order valence-corrected chi connectivity index (χ1v) is 5.84. The maximum absolute atomic E-state index is 10.7. The van der Waals surface area contributed by atoms with Crippen LogP contribution in [0.15, 0.2) is 18.3 Å². The van der Waals surface area contributed by atoms with Crippen LogP contribution in [-0.4, -0.2) is 29.0 Å². The molecule has 1 saturated carbocycles. The molecule has 6 heteroatoms. The molecule has 1 aromatic heterocycles. The molecule has 2 rings (SSSR count). The average molecular weight is 236 g/mol. The van der Waals surface area contributed by atoms with Crippen molar-refractivity contribution >= 4 is 11.5 Å². The molecule has 0 aliphatic heterocycles. The summed E-state index contributed by atoms with van der Waals surface area (Å²) in [5, 5.41) is 17.1. The molecule has 0 unspecified atom stereocenters. The zero-order chi connectivity index (χ0) is 12.1. The number of pyridine rings is 1. The summed E-state index contributed by atoms with van der Waals surface area (Å²) in [7, 11) is 0. The van der Waals surface area contributed by atoms with Crippen LogP contribution >= 0.6 is 0 Å². The Morgan fingerprint density at radius 2 is 2.29 bits per heavy atom. The van der Waals surface area contributed by atoms with E-state index in [2.05, 4.69) is 15.6 Å². The van der Waals surface area contributed by atoms with Crippen molar-refractivity contribution in [2.24, 2.45) is 0 Å². The van der Waals surface area contributed by atoms with Crippen LogP contribution in [0, 0.1) is 10.1 Å². The Hall–Kier alpha value is -1.69. The standard InChI is InChI=1S/C11H16N4O2/c16-15(17)10-3-1-6-13-11(10)14-8-2-7-12-9-4-5-9/h1,3,6,9,12H,2,4-5,7-8H2,(H,13,14). The Bertz CT molecular complexity index is 393. The summed E-state index contributed by atoms with van der Waals surface area (Å²) in [6.07, 6.45) is 5.04. The van der Waals surface area contributed by atoms with Crippen LogP contribution < -0.4 is 10.6 Å². The summed E-state index contributed by atoms with van der Waals surface area (Å²) in [5.41, 5.74) is 0.0302. The van der Waals surface area contributed by atoms with Crippen LogP contribution in [0.2, 0.25) is 0 Å². The zero-order valence-electron chi connectivity index (χ0n) is 9.56. The first-order valence-electron chi connectivity index (χ1n) is 5.84. The van der Waals surface area contributed by atoms with Gasteiger partial charge in [-0.3, -0.25) is 10.1 Å². The molecule has 1 heterocycles. The first-order chi connectivity index (χ1) is 8.27. The molecule has 0 atom stereocenters. The predicted octanol–water partition coefficient (Wildman–Crippen LogP) is 1.54. The Morgan fingerprint density at radius 1 is 1.47 bits per heavy atom. The van der Waals surface area contributed by atoms with Crippen LogP contribution in [0.4, 0.5) is 11.5 Å². The molecule has 1 aliphatic carbocycles. The summed E-state index contributed by atoms with van der Waals surface area (Å²) < 4.78 is 0. The lowest BCUT2D eigenvalue weighted by atomic mass is 10.3. The van der Waals surface area contributed by atoms with Gasteiger partial charge in [-0.2, -0.15) is 0 Å². The van der Waals surface area contributed by atoms with E-state index < -0.39 is 4.92 Å². The Balaban J connectivity index is 1.75. The van der Waals surface area contributed by atoms with Crippen molar-refractivity contribution < 1.29 is 4.92 Å². The third kappa shape index (κ3) is 3.67. The maximum atomic E-state index is 10.7. The number of nitro groups is 1. The number of nitrogens with zero attached hydrogens (tertiary/aromatic N) is 2. The summed E-state index contributed by atoms with van der Waals surface area (Å²) in [5.74, 6) is 0.351. The molecule has 1 aliphatic rings. The highest BCUT2D eigenvalue weighted by molar-refractivity contribution is 5.54. The van der Waals surface area contributed by atoms with E-state index in [1.54, 1.807) is 12.3 Å². The summed E-state index contributed by atoms with van der Waals surface area (Å²) in [4.78, 5) is 14.3. The fraction of sp³-hybridized carbons (Fsp3) is 0.545. The van der Waals surface area contributed by atoms with Crippen LogP contribution in [-0.2, 0) is 0 Å². The van der Waals surface area contributed by atoms with Crippen molar-refractivity contribution in [2.45, 2.75) is 25.3 Å². The molecule has 17 heavy (non-hydrogen) atoms. The molecule has 6 nitrogen and oxygen atoms in total. The molecule has 1 fully saturated rings. The van der Waals surface area contributed by atoms with Crippen LogP contribution in [0.5, 0.6) is 0 Å². The second-order valence-electron chi connectivity index (χ2n) is 4.14. The Morgan fingerprint density at radius 3 is 3.00 bits per heavy atom. The Kier molecular flexibility index (Phi) is 3.87. The molecule has 2 N–H and O–H groups in total. The van der Waals surface area contributed by atoms with E-state index in [0.29, 0.717) is 18.4 Å². The minimum Gasteiger partial charge on any atom is -0.364 e. The lowest BCUT2D eigenvalue weighted by Crippen LogP contribution is -2.20. The number of rotatable bonds is 7. The molecule has 0 amide bonds. The number of anilines is 1. The largest absolute Gasteiger partial charge is 0.364 e. The van der Waals surface area contributed by atoms with Gasteiger partial charge in [0, 0.05) is 24.8 Å². The van der Waals surface area contributed by atoms with E-state index in [9.17, 15) is 10.1 Å². The lowest BCUT2D eigenvalue weighted by Gasteiger charge is -2.06. The first kappa shape index (κ1) is 11.8. The van der Waals surface area contributed by atoms with Crippen molar-refractivity contribution in [3.63, 3.8) is 0 Å². The molecule has 0 aromatic carbocycles. The Labute approximate surface area is 99.6 Å². The van der Waals surface area contributed by atoms with Crippen LogP contribution in [0.25, 0.3) is 0 Å². The SMILES string of the molecule is O=[N+]([O-])c1cccnc1NCCCNC1CC1. The highest BCUT2D eigenvalue weighted by Gasteiger charge is 2.19.